The Hall–Kier alpha value is -2.15. The quantitative estimate of drug-likeness (QED) is 0.678. The fourth-order valence-corrected chi connectivity index (χ4v) is 1.69. The molecule has 0 saturated carbocycles. The van der Waals surface area contributed by atoms with Crippen molar-refractivity contribution >= 4 is 23.2 Å². The van der Waals surface area contributed by atoms with Crippen LogP contribution in [0.25, 0.3) is 0 Å². The molecule has 0 radical (unpaired) electrons. The van der Waals surface area contributed by atoms with Crippen molar-refractivity contribution in [1.82, 2.24) is 10.2 Å². The number of anilines is 2. The predicted molar refractivity (Wildman–Crippen MR) is 80.2 cm³/mol. The van der Waals surface area contributed by atoms with E-state index >= 15 is 0 Å². The number of amides is 2. The number of hydrogen-bond donors (Lipinski definition) is 3. The Labute approximate surface area is 123 Å². The van der Waals surface area contributed by atoms with Crippen LogP contribution in [-0.2, 0) is 9.59 Å². The lowest BCUT2D eigenvalue weighted by atomic mass is 10.2. The number of carbonyl (C=O) groups is 2. The topological polar surface area (TPSA) is 87.5 Å². The lowest BCUT2D eigenvalue weighted by Crippen LogP contribution is -2.44. The van der Waals surface area contributed by atoms with Crippen molar-refractivity contribution < 1.29 is 14.0 Å². The Morgan fingerprint density at radius 1 is 1.43 bits per heavy atom. The van der Waals surface area contributed by atoms with E-state index in [0.29, 0.717) is 12.2 Å². The fraction of sp³-hybridized carbons (Fsp3) is 0.429. The molecule has 0 aliphatic rings. The largest absolute Gasteiger partial charge is 0.399 e. The summed E-state index contributed by atoms with van der Waals surface area (Å²) in [5.41, 5.74) is 5.94. The van der Waals surface area contributed by atoms with E-state index in [4.69, 9.17) is 5.73 Å². The summed E-state index contributed by atoms with van der Waals surface area (Å²) < 4.78 is 13.6. The van der Waals surface area contributed by atoms with Gasteiger partial charge in [0, 0.05) is 12.2 Å². The van der Waals surface area contributed by atoms with Crippen molar-refractivity contribution in [2.24, 2.45) is 0 Å². The van der Waals surface area contributed by atoms with E-state index in [-0.39, 0.29) is 18.1 Å². The summed E-state index contributed by atoms with van der Waals surface area (Å²) in [5, 5.41) is 5.12. The van der Waals surface area contributed by atoms with Crippen LogP contribution in [0, 0.1) is 5.82 Å². The maximum absolute atomic E-state index is 13.6. The average Bonchev–Trinajstić information content (AvgIpc) is 2.42. The number of nitrogens with two attached hydrogens (primary N) is 1. The Bertz CT molecular complexity index is 522. The number of hydrogen-bond acceptors (Lipinski definition) is 4. The number of carbonyl (C=O) groups excluding carboxylic acids is 2. The van der Waals surface area contributed by atoms with Gasteiger partial charge >= 0.3 is 0 Å². The first kappa shape index (κ1) is 16.9. The minimum Gasteiger partial charge on any atom is -0.399 e. The molecule has 4 N–H and O–H groups in total. The van der Waals surface area contributed by atoms with Crippen LogP contribution in [0.1, 0.15) is 13.8 Å². The third-order valence-corrected chi connectivity index (χ3v) is 3.06. The van der Waals surface area contributed by atoms with Crippen LogP contribution < -0.4 is 16.4 Å². The minimum absolute atomic E-state index is 0.0262. The Morgan fingerprint density at radius 2 is 2.10 bits per heavy atom. The summed E-state index contributed by atoms with van der Waals surface area (Å²) in [6.45, 7) is 4.07. The standard InChI is InChI=1S/C14H21FN4O2/c1-4-17-13(20)8-19(3)9(2)14(21)18-12-7-10(16)5-6-11(12)15/h5-7,9H,4,8,16H2,1-3H3,(H,17,20)(H,18,21). The predicted octanol–water partition coefficient (Wildman–Crippen LogP) is 0.803. The monoisotopic (exact) mass is 296 g/mol. The number of nitrogens with zero attached hydrogens (tertiary/aromatic N) is 1. The van der Waals surface area contributed by atoms with Crippen molar-refractivity contribution in [3.63, 3.8) is 0 Å². The van der Waals surface area contributed by atoms with Gasteiger partial charge in [-0.1, -0.05) is 0 Å². The molecule has 0 spiro atoms. The summed E-state index contributed by atoms with van der Waals surface area (Å²) in [4.78, 5) is 25.1. The number of likely N-dealkylation sites (N-methyl/N-ethyl adjacent to an activating group) is 2. The molecule has 6 nitrogen and oxygen atoms in total. The maximum Gasteiger partial charge on any atom is 0.241 e. The molecule has 7 heteroatoms. The average molecular weight is 296 g/mol. The molecule has 0 heterocycles. The van der Waals surface area contributed by atoms with Crippen LogP contribution in [0.2, 0.25) is 0 Å². The van der Waals surface area contributed by atoms with E-state index in [9.17, 15) is 14.0 Å². The van der Waals surface area contributed by atoms with Gasteiger partial charge in [0.25, 0.3) is 0 Å². The molecule has 116 valence electrons. The molecule has 1 rings (SSSR count). The van der Waals surface area contributed by atoms with Gasteiger partial charge in [-0.3, -0.25) is 14.5 Å². The third-order valence-electron chi connectivity index (χ3n) is 3.06. The Morgan fingerprint density at radius 3 is 2.71 bits per heavy atom. The van der Waals surface area contributed by atoms with Crippen LogP contribution >= 0.6 is 0 Å². The van der Waals surface area contributed by atoms with E-state index < -0.39 is 17.8 Å². The molecule has 0 aliphatic carbocycles. The highest BCUT2D eigenvalue weighted by Gasteiger charge is 2.20. The highest BCUT2D eigenvalue weighted by atomic mass is 19.1. The van der Waals surface area contributed by atoms with Gasteiger partial charge in [0.1, 0.15) is 5.82 Å². The lowest BCUT2D eigenvalue weighted by molar-refractivity contribution is -0.124. The van der Waals surface area contributed by atoms with Crippen molar-refractivity contribution in [2.45, 2.75) is 19.9 Å². The smallest absolute Gasteiger partial charge is 0.241 e. The first-order valence-corrected chi connectivity index (χ1v) is 6.68. The van der Waals surface area contributed by atoms with Crippen LogP contribution in [0.3, 0.4) is 0 Å². The minimum atomic E-state index is -0.589. The fourth-order valence-electron chi connectivity index (χ4n) is 1.69. The molecule has 1 aromatic rings. The lowest BCUT2D eigenvalue weighted by Gasteiger charge is -2.23. The molecule has 2 amide bonds. The molecule has 0 bridgehead atoms. The Kier molecular flexibility index (Phi) is 6.10. The van der Waals surface area contributed by atoms with Gasteiger partial charge in [0.15, 0.2) is 0 Å². The van der Waals surface area contributed by atoms with Gasteiger partial charge in [-0.2, -0.15) is 0 Å². The van der Waals surface area contributed by atoms with E-state index in [2.05, 4.69) is 10.6 Å². The van der Waals surface area contributed by atoms with Gasteiger partial charge in [0.05, 0.1) is 18.3 Å². The SMILES string of the molecule is CCNC(=O)CN(C)C(C)C(=O)Nc1cc(N)ccc1F. The van der Waals surface area contributed by atoms with Crippen LogP contribution in [-0.4, -0.2) is 42.9 Å². The second kappa shape index (κ2) is 7.58. The second-order valence-corrected chi connectivity index (χ2v) is 4.77. The van der Waals surface area contributed by atoms with E-state index in [1.165, 1.54) is 18.2 Å². The summed E-state index contributed by atoms with van der Waals surface area (Å²) in [7, 11) is 1.65. The van der Waals surface area contributed by atoms with Crippen LogP contribution in [0.15, 0.2) is 18.2 Å². The van der Waals surface area contributed by atoms with Crippen molar-refractivity contribution in [3.8, 4) is 0 Å². The third kappa shape index (κ3) is 5.03. The normalized spacial score (nSPS) is 12.0. The zero-order chi connectivity index (χ0) is 16.0. The van der Waals surface area contributed by atoms with E-state index in [1.54, 1.807) is 18.9 Å². The van der Waals surface area contributed by atoms with Crippen molar-refractivity contribution in [1.29, 1.82) is 0 Å². The summed E-state index contributed by atoms with van der Waals surface area (Å²) in [6.07, 6.45) is 0. The summed E-state index contributed by atoms with van der Waals surface area (Å²) >= 11 is 0. The number of nitrogens with one attached hydrogen (secondary N) is 2. The molecule has 1 aromatic carbocycles. The zero-order valence-electron chi connectivity index (χ0n) is 12.4. The van der Waals surface area contributed by atoms with Crippen LogP contribution in [0.5, 0.6) is 0 Å². The van der Waals surface area contributed by atoms with Gasteiger partial charge in [-0.15, -0.1) is 0 Å². The molecule has 0 saturated heterocycles. The molecular formula is C14H21FN4O2. The van der Waals surface area contributed by atoms with Crippen LogP contribution in [0.4, 0.5) is 15.8 Å². The first-order chi connectivity index (χ1) is 9.85. The highest BCUT2D eigenvalue weighted by Crippen LogP contribution is 2.17. The van der Waals surface area contributed by atoms with Crippen molar-refractivity contribution in [3.05, 3.63) is 24.0 Å². The molecule has 0 fully saturated rings. The maximum atomic E-state index is 13.6. The van der Waals surface area contributed by atoms with E-state index in [0.717, 1.165) is 0 Å². The number of nitrogen functional groups attached to an aromatic ring is 1. The Balaban J connectivity index is 2.65. The number of rotatable bonds is 6. The van der Waals surface area contributed by atoms with Gasteiger partial charge < -0.3 is 16.4 Å². The molecule has 0 aliphatic heterocycles. The molecule has 21 heavy (non-hydrogen) atoms. The van der Waals surface area contributed by atoms with Crippen molar-refractivity contribution in [2.75, 3.05) is 31.2 Å². The molecule has 0 aromatic heterocycles. The first-order valence-electron chi connectivity index (χ1n) is 6.68. The van der Waals surface area contributed by atoms with Gasteiger partial charge in [-0.25, -0.2) is 4.39 Å². The van der Waals surface area contributed by atoms with E-state index in [1.807, 2.05) is 6.92 Å². The summed E-state index contributed by atoms with van der Waals surface area (Å²) in [5.74, 6) is -1.14. The molecular weight excluding hydrogens is 275 g/mol. The van der Waals surface area contributed by atoms with Gasteiger partial charge in [-0.05, 0) is 39.1 Å². The molecule has 1 atom stereocenters. The summed E-state index contributed by atoms with van der Waals surface area (Å²) in [6, 6.07) is 3.36. The van der Waals surface area contributed by atoms with Gasteiger partial charge in [0.2, 0.25) is 11.8 Å². The molecule has 1 unspecified atom stereocenters. The zero-order valence-corrected chi connectivity index (χ0v) is 12.4. The number of benzene rings is 1. The second-order valence-electron chi connectivity index (χ2n) is 4.77. The highest BCUT2D eigenvalue weighted by molar-refractivity contribution is 5.95. The number of halogens is 1.